The van der Waals surface area contributed by atoms with E-state index in [0.717, 1.165) is 24.4 Å². The van der Waals surface area contributed by atoms with Gasteiger partial charge in [-0.3, -0.25) is 0 Å². The quantitative estimate of drug-likeness (QED) is 0.856. The lowest BCUT2D eigenvalue weighted by Crippen LogP contribution is -2.26. The highest BCUT2D eigenvalue weighted by atomic mass is 19.1. The molecular formula is C15H19FN2. The number of halogens is 1. The normalized spacial score (nSPS) is 23.4. The summed E-state index contributed by atoms with van der Waals surface area (Å²) in [7, 11) is 0. The van der Waals surface area contributed by atoms with Gasteiger partial charge in [0.05, 0.1) is 11.6 Å². The van der Waals surface area contributed by atoms with Gasteiger partial charge >= 0.3 is 0 Å². The highest BCUT2D eigenvalue weighted by molar-refractivity contribution is 5.56. The number of rotatable bonds is 2. The Morgan fingerprint density at radius 1 is 1.39 bits per heavy atom. The Hall–Kier alpha value is -1.56. The molecule has 18 heavy (non-hydrogen) atoms. The van der Waals surface area contributed by atoms with Crippen LogP contribution in [0.15, 0.2) is 12.1 Å². The maximum absolute atomic E-state index is 13.7. The summed E-state index contributed by atoms with van der Waals surface area (Å²) < 4.78 is 13.7. The molecule has 96 valence electrons. The van der Waals surface area contributed by atoms with E-state index in [1.807, 2.05) is 6.07 Å². The average molecular weight is 246 g/mol. The van der Waals surface area contributed by atoms with Gasteiger partial charge in [-0.05, 0) is 37.8 Å². The number of nitriles is 1. The fourth-order valence-corrected chi connectivity index (χ4v) is 2.68. The van der Waals surface area contributed by atoms with Gasteiger partial charge in [-0.1, -0.05) is 19.8 Å². The zero-order chi connectivity index (χ0) is 13.1. The van der Waals surface area contributed by atoms with Crippen LogP contribution in [-0.4, -0.2) is 6.04 Å². The fourth-order valence-electron chi connectivity index (χ4n) is 2.68. The summed E-state index contributed by atoms with van der Waals surface area (Å²) in [5, 5.41) is 12.3. The van der Waals surface area contributed by atoms with Crippen LogP contribution in [0.1, 0.15) is 43.7 Å². The van der Waals surface area contributed by atoms with Crippen LogP contribution in [0.25, 0.3) is 0 Å². The zero-order valence-corrected chi connectivity index (χ0v) is 11.0. The molecule has 1 saturated carbocycles. The van der Waals surface area contributed by atoms with Crippen molar-refractivity contribution in [3.63, 3.8) is 0 Å². The molecule has 0 saturated heterocycles. The van der Waals surface area contributed by atoms with Gasteiger partial charge in [0.1, 0.15) is 5.82 Å². The van der Waals surface area contributed by atoms with Gasteiger partial charge in [0.15, 0.2) is 0 Å². The smallest absolute Gasteiger partial charge is 0.129 e. The van der Waals surface area contributed by atoms with E-state index >= 15 is 0 Å². The van der Waals surface area contributed by atoms with E-state index in [-0.39, 0.29) is 5.82 Å². The van der Waals surface area contributed by atoms with Crippen molar-refractivity contribution in [3.8, 4) is 6.07 Å². The molecular weight excluding hydrogens is 227 g/mol. The summed E-state index contributed by atoms with van der Waals surface area (Å²) in [5.74, 6) is 0.418. The van der Waals surface area contributed by atoms with Crippen molar-refractivity contribution in [3.05, 3.63) is 29.1 Å². The standard InChI is InChI=1S/C15H19FN2/c1-10-4-3-5-13(6-10)18-15-8-12(9-17)7-14(16)11(15)2/h7-8,10,13,18H,3-6H2,1-2H3. The third-order valence-corrected chi connectivity index (χ3v) is 3.77. The predicted molar refractivity (Wildman–Crippen MR) is 70.9 cm³/mol. The lowest BCUT2D eigenvalue weighted by atomic mass is 9.87. The van der Waals surface area contributed by atoms with E-state index in [9.17, 15) is 4.39 Å². The number of hydrogen-bond donors (Lipinski definition) is 1. The van der Waals surface area contributed by atoms with E-state index < -0.39 is 0 Å². The highest BCUT2D eigenvalue weighted by Gasteiger charge is 2.19. The molecule has 1 N–H and O–H groups in total. The monoisotopic (exact) mass is 246 g/mol. The second-order valence-electron chi connectivity index (χ2n) is 5.36. The van der Waals surface area contributed by atoms with Crippen LogP contribution in [0, 0.1) is 30.0 Å². The molecule has 0 bridgehead atoms. The number of nitrogens with one attached hydrogen (secondary N) is 1. The lowest BCUT2D eigenvalue weighted by Gasteiger charge is -2.29. The number of benzene rings is 1. The van der Waals surface area contributed by atoms with Crippen LogP contribution in [0.5, 0.6) is 0 Å². The molecule has 1 aliphatic rings. The van der Waals surface area contributed by atoms with Gasteiger partial charge in [-0.2, -0.15) is 5.26 Å². The minimum absolute atomic E-state index is 0.305. The Morgan fingerprint density at radius 3 is 2.83 bits per heavy atom. The number of anilines is 1. The fraction of sp³-hybridized carbons (Fsp3) is 0.533. The third-order valence-electron chi connectivity index (χ3n) is 3.77. The average Bonchev–Trinajstić information content (AvgIpc) is 2.34. The molecule has 1 fully saturated rings. The third kappa shape index (κ3) is 2.81. The van der Waals surface area contributed by atoms with Crippen molar-refractivity contribution in [1.82, 2.24) is 0 Å². The zero-order valence-electron chi connectivity index (χ0n) is 11.0. The molecule has 0 heterocycles. The maximum atomic E-state index is 13.7. The van der Waals surface area contributed by atoms with Crippen LogP contribution in [0.3, 0.4) is 0 Å². The van der Waals surface area contributed by atoms with Crippen molar-refractivity contribution in [2.75, 3.05) is 5.32 Å². The molecule has 0 spiro atoms. The van der Waals surface area contributed by atoms with Gasteiger partial charge in [0.2, 0.25) is 0 Å². The first-order chi connectivity index (χ1) is 8.60. The molecule has 2 atom stereocenters. The highest BCUT2D eigenvalue weighted by Crippen LogP contribution is 2.28. The van der Waals surface area contributed by atoms with Gasteiger partial charge in [-0.25, -0.2) is 4.39 Å². The summed E-state index contributed by atoms with van der Waals surface area (Å²) in [5.41, 5.74) is 1.75. The van der Waals surface area contributed by atoms with Crippen LogP contribution in [-0.2, 0) is 0 Å². The summed E-state index contributed by atoms with van der Waals surface area (Å²) in [6.45, 7) is 4.01. The molecule has 2 unspecified atom stereocenters. The Labute approximate surface area is 108 Å². The van der Waals surface area contributed by atoms with Crippen molar-refractivity contribution in [2.24, 2.45) is 5.92 Å². The van der Waals surface area contributed by atoms with E-state index in [4.69, 9.17) is 5.26 Å². The Kier molecular flexibility index (Phi) is 3.86. The van der Waals surface area contributed by atoms with Crippen molar-refractivity contribution in [1.29, 1.82) is 5.26 Å². The Bertz CT molecular complexity index is 476. The minimum Gasteiger partial charge on any atom is -0.382 e. The largest absolute Gasteiger partial charge is 0.382 e. The van der Waals surface area contributed by atoms with E-state index in [0.29, 0.717) is 17.2 Å². The summed E-state index contributed by atoms with van der Waals surface area (Å²) in [4.78, 5) is 0. The van der Waals surface area contributed by atoms with Crippen LogP contribution < -0.4 is 5.32 Å². The molecule has 2 rings (SSSR count). The molecule has 1 aromatic carbocycles. The molecule has 0 amide bonds. The van der Waals surface area contributed by atoms with Crippen molar-refractivity contribution >= 4 is 5.69 Å². The second kappa shape index (κ2) is 5.39. The first-order valence-electron chi connectivity index (χ1n) is 6.57. The summed E-state index contributed by atoms with van der Waals surface area (Å²) in [6.07, 6.45) is 4.75. The minimum atomic E-state index is -0.305. The van der Waals surface area contributed by atoms with Crippen molar-refractivity contribution < 1.29 is 4.39 Å². The van der Waals surface area contributed by atoms with Crippen LogP contribution in [0.4, 0.5) is 10.1 Å². The molecule has 0 radical (unpaired) electrons. The van der Waals surface area contributed by atoms with Gasteiger partial charge < -0.3 is 5.32 Å². The first-order valence-corrected chi connectivity index (χ1v) is 6.57. The van der Waals surface area contributed by atoms with Gasteiger partial charge in [0, 0.05) is 17.3 Å². The molecule has 0 aliphatic heterocycles. The molecule has 0 aromatic heterocycles. The summed E-state index contributed by atoms with van der Waals surface area (Å²) in [6, 6.07) is 5.45. The number of nitrogens with zero attached hydrogens (tertiary/aromatic N) is 1. The molecule has 2 nitrogen and oxygen atoms in total. The summed E-state index contributed by atoms with van der Waals surface area (Å²) >= 11 is 0. The topological polar surface area (TPSA) is 35.8 Å². The van der Waals surface area contributed by atoms with Gasteiger partial charge in [-0.15, -0.1) is 0 Å². The predicted octanol–water partition coefficient (Wildman–Crippen LogP) is 4.00. The Morgan fingerprint density at radius 2 is 2.17 bits per heavy atom. The first kappa shape index (κ1) is 12.9. The van der Waals surface area contributed by atoms with E-state index in [1.54, 1.807) is 13.0 Å². The second-order valence-corrected chi connectivity index (χ2v) is 5.36. The number of hydrogen-bond acceptors (Lipinski definition) is 2. The van der Waals surface area contributed by atoms with E-state index in [2.05, 4.69) is 12.2 Å². The maximum Gasteiger partial charge on any atom is 0.129 e. The van der Waals surface area contributed by atoms with Crippen LogP contribution >= 0.6 is 0 Å². The molecule has 1 aromatic rings. The Balaban J connectivity index is 2.18. The van der Waals surface area contributed by atoms with Crippen LogP contribution in [0.2, 0.25) is 0 Å². The lowest BCUT2D eigenvalue weighted by molar-refractivity contribution is 0.358. The molecule has 3 heteroatoms. The molecule has 1 aliphatic carbocycles. The van der Waals surface area contributed by atoms with Gasteiger partial charge in [0.25, 0.3) is 0 Å². The van der Waals surface area contributed by atoms with E-state index in [1.165, 1.54) is 18.9 Å². The SMILES string of the molecule is Cc1c(F)cc(C#N)cc1NC1CCCC(C)C1. The van der Waals surface area contributed by atoms with Crippen molar-refractivity contribution in [2.45, 2.75) is 45.6 Å².